The van der Waals surface area contributed by atoms with Gasteiger partial charge >= 0.3 is 0 Å². The Balaban J connectivity index is 1.62. The van der Waals surface area contributed by atoms with Gasteiger partial charge in [-0.25, -0.2) is 4.98 Å². The van der Waals surface area contributed by atoms with E-state index in [4.69, 9.17) is 14.5 Å². The topological polar surface area (TPSA) is 47.8 Å². The quantitative estimate of drug-likeness (QED) is 0.488. The molecule has 5 rings (SSSR count). The van der Waals surface area contributed by atoms with Crippen LogP contribution in [0.4, 0.5) is 11.5 Å². The van der Waals surface area contributed by atoms with Gasteiger partial charge < -0.3 is 14.8 Å². The van der Waals surface area contributed by atoms with E-state index >= 15 is 0 Å². The highest BCUT2D eigenvalue weighted by atomic mass is 79.9. The van der Waals surface area contributed by atoms with Crippen LogP contribution >= 0.6 is 15.9 Å². The molecule has 5 nitrogen and oxygen atoms in total. The van der Waals surface area contributed by atoms with Crippen LogP contribution < -0.4 is 14.8 Å². The van der Waals surface area contributed by atoms with Gasteiger partial charge in [-0.05, 0) is 36.4 Å². The molecule has 0 fully saturated rings. The van der Waals surface area contributed by atoms with Crippen LogP contribution in [0.2, 0.25) is 0 Å². The van der Waals surface area contributed by atoms with Crippen LogP contribution in [0.25, 0.3) is 16.9 Å². The van der Waals surface area contributed by atoms with Gasteiger partial charge in [0.2, 0.25) is 0 Å². The van der Waals surface area contributed by atoms with E-state index in [0.29, 0.717) is 13.2 Å². The lowest BCUT2D eigenvalue weighted by Crippen LogP contribution is -2.15. The second-order valence-electron chi connectivity index (χ2n) is 6.23. The first kappa shape index (κ1) is 16.2. The molecule has 4 aromatic rings. The maximum absolute atomic E-state index is 5.71. The van der Waals surface area contributed by atoms with Crippen LogP contribution in [-0.4, -0.2) is 22.6 Å². The number of hydrogen-bond acceptors (Lipinski definition) is 4. The van der Waals surface area contributed by atoms with Crippen molar-refractivity contribution >= 4 is 33.1 Å². The van der Waals surface area contributed by atoms with Gasteiger partial charge in [-0.1, -0.05) is 34.1 Å². The molecule has 0 saturated carbocycles. The number of fused-ring (bicyclic) bond motifs is 2. The number of imidazole rings is 1. The van der Waals surface area contributed by atoms with E-state index in [1.807, 2.05) is 59.1 Å². The van der Waals surface area contributed by atoms with Gasteiger partial charge in [-0.3, -0.25) is 4.40 Å². The zero-order valence-corrected chi connectivity index (χ0v) is 15.9. The van der Waals surface area contributed by atoms with Crippen molar-refractivity contribution in [3.05, 3.63) is 71.3 Å². The molecule has 0 amide bonds. The Morgan fingerprint density at radius 2 is 1.81 bits per heavy atom. The van der Waals surface area contributed by atoms with E-state index in [1.165, 1.54) is 0 Å². The number of hydrogen-bond donors (Lipinski definition) is 1. The zero-order chi connectivity index (χ0) is 18.2. The third-order valence-electron chi connectivity index (χ3n) is 4.43. The predicted molar refractivity (Wildman–Crippen MR) is 109 cm³/mol. The lowest BCUT2D eigenvalue weighted by atomic mass is 10.1. The summed E-state index contributed by atoms with van der Waals surface area (Å²) in [5.41, 5.74) is 3.72. The number of nitrogens with one attached hydrogen (secondary N) is 1. The second-order valence-corrected chi connectivity index (χ2v) is 7.15. The first-order valence-electron chi connectivity index (χ1n) is 8.68. The van der Waals surface area contributed by atoms with E-state index in [2.05, 4.69) is 33.4 Å². The Labute approximate surface area is 164 Å². The smallest absolute Gasteiger partial charge is 0.163 e. The minimum atomic E-state index is 0.565. The molecule has 0 bridgehead atoms. The number of benzene rings is 2. The molecule has 3 heterocycles. The Hall–Kier alpha value is -2.99. The van der Waals surface area contributed by atoms with Crippen molar-refractivity contribution in [2.75, 3.05) is 18.5 Å². The fourth-order valence-electron chi connectivity index (χ4n) is 3.21. The highest BCUT2D eigenvalue weighted by Gasteiger charge is 2.16. The number of halogens is 1. The third-order valence-corrected chi connectivity index (χ3v) is 4.93. The molecule has 27 heavy (non-hydrogen) atoms. The van der Waals surface area contributed by atoms with Crippen molar-refractivity contribution in [2.24, 2.45) is 0 Å². The number of nitrogens with zero attached hydrogens (tertiary/aromatic N) is 2. The summed E-state index contributed by atoms with van der Waals surface area (Å²) in [5, 5.41) is 3.51. The van der Waals surface area contributed by atoms with Crippen molar-refractivity contribution in [3.8, 4) is 22.8 Å². The fourth-order valence-corrected chi connectivity index (χ4v) is 3.61. The molecule has 0 aliphatic carbocycles. The summed E-state index contributed by atoms with van der Waals surface area (Å²) in [6.07, 6.45) is 2.00. The number of aromatic nitrogens is 2. The molecule has 6 heteroatoms. The SMILES string of the molecule is Brc1cccc(-c2nc3ccccn3c2Nc2ccc3c(c2)OCCO3)c1. The van der Waals surface area contributed by atoms with E-state index in [9.17, 15) is 0 Å². The van der Waals surface area contributed by atoms with Gasteiger partial charge in [0, 0.05) is 28.0 Å². The average molecular weight is 422 g/mol. The van der Waals surface area contributed by atoms with Crippen molar-refractivity contribution in [2.45, 2.75) is 0 Å². The molecule has 0 atom stereocenters. The molecular weight excluding hydrogens is 406 g/mol. The lowest BCUT2D eigenvalue weighted by molar-refractivity contribution is 0.171. The van der Waals surface area contributed by atoms with Crippen LogP contribution in [0.1, 0.15) is 0 Å². The standard InChI is InChI=1S/C21H16BrN3O2/c22-15-5-3-4-14(12-15)20-21(25-9-2-1-6-19(25)24-20)23-16-7-8-17-18(13-16)27-11-10-26-17/h1-9,12-13,23H,10-11H2. The van der Waals surface area contributed by atoms with Crippen LogP contribution in [0.15, 0.2) is 71.3 Å². The Bertz CT molecular complexity index is 1140. The number of rotatable bonds is 3. The molecule has 2 aromatic carbocycles. The summed E-state index contributed by atoms with van der Waals surface area (Å²) >= 11 is 3.55. The second kappa shape index (κ2) is 6.63. The molecule has 134 valence electrons. The molecule has 0 radical (unpaired) electrons. The summed E-state index contributed by atoms with van der Waals surface area (Å²) in [4.78, 5) is 4.83. The monoisotopic (exact) mass is 421 g/mol. The maximum Gasteiger partial charge on any atom is 0.163 e. The lowest BCUT2D eigenvalue weighted by Gasteiger charge is -2.19. The maximum atomic E-state index is 5.71. The normalized spacial score (nSPS) is 12.9. The van der Waals surface area contributed by atoms with Gasteiger partial charge in [-0.15, -0.1) is 0 Å². The minimum Gasteiger partial charge on any atom is -0.486 e. The average Bonchev–Trinajstić information content (AvgIpc) is 3.06. The van der Waals surface area contributed by atoms with Gasteiger partial charge in [0.15, 0.2) is 11.5 Å². The third kappa shape index (κ3) is 3.02. The highest BCUT2D eigenvalue weighted by molar-refractivity contribution is 9.10. The predicted octanol–water partition coefficient (Wildman–Crippen LogP) is 5.28. The Morgan fingerprint density at radius 3 is 2.70 bits per heavy atom. The van der Waals surface area contributed by atoms with E-state index < -0.39 is 0 Å². The number of ether oxygens (including phenoxy) is 2. The van der Waals surface area contributed by atoms with E-state index in [0.717, 1.165) is 44.4 Å². The van der Waals surface area contributed by atoms with Crippen LogP contribution in [0, 0.1) is 0 Å². The largest absolute Gasteiger partial charge is 0.486 e. The molecule has 1 aliphatic heterocycles. The first-order valence-corrected chi connectivity index (χ1v) is 9.47. The molecule has 0 spiro atoms. The van der Waals surface area contributed by atoms with Gasteiger partial charge in [0.1, 0.15) is 30.4 Å². The van der Waals surface area contributed by atoms with Crippen molar-refractivity contribution in [1.29, 1.82) is 0 Å². The Kier molecular flexibility index (Phi) is 3.98. The molecule has 0 saturated heterocycles. The summed E-state index contributed by atoms with van der Waals surface area (Å²) in [6, 6.07) is 20.0. The van der Waals surface area contributed by atoms with E-state index in [-0.39, 0.29) is 0 Å². The van der Waals surface area contributed by atoms with Crippen molar-refractivity contribution in [3.63, 3.8) is 0 Å². The summed E-state index contributed by atoms with van der Waals surface area (Å²) in [6.45, 7) is 1.15. The summed E-state index contributed by atoms with van der Waals surface area (Å²) in [5.74, 6) is 2.43. The van der Waals surface area contributed by atoms with Gasteiger partial charge in [0.05, 0.1) is 0 Å². The van der Waals surface area contributed by atoms with Crippen LogP contribution in [-0.2, 0) is 0 Å². The summed E-state index contributed by atoms with van der Waals surface area (Å²) < 4.78 is 14.4. The number of anilines is 2. The molecule has 0 unspecified atom stereocenters. The number of pyridine rings is 1. The Morgan fingerprint density at radius 1 is 0.926 bits per heavy atom. The fraction of sp³-hybridized carbons (Fsp3) is 0.0952. The van der Waals surface area contributed by atoms with Crippen molar-refractivity contribution in [1.82, 2.24) is 9.38 Å². The van der Waals surface area contributed by atoms with Gasteiger partial charge in [0.25, 0.3) is 0 Å². The van der Waals surface area contributed by atoms with E-state index in [1.54, 1.807) is 0 Å². The minimum absolute atomic E-state index is 0.565. The molecular formula is C21H16BrN3O2. The molecule has 1 N–H and O–H groups in total. The van der Waals surface area contributed by atoms with Crippen LogP contribution in [0.5, 0.6) is 11.5 Å². The molecule has 2 aromatic heterocycles. The zero-order valence-electron chi connectivity index (χ0n) is 14.4. The van der Waals surface area contributed by atoms with Gasteiger partial charge in [-0.2, -0.15) is 0 Å². The first-order chi connectivity index (χ1) is 13.3. The molecule has 1 aliphatic rings. The van der Waals surface area contributed by atoms with Crippen molar-refractivity contribution < 1.29 is 9.47 Å². The summed E-state index contributed by atoms with van der Waals surface area (Å²) in [7, 11) is 0. The highest BCUT2D eigenvalue weighted by Crippen LogP contribution is 2.36. The van der Waals surface area contributed by atoms with Crippen LogP contribution in [0.3, 0.4) is 0 Å².